The number of benzene rings is 2. The van der Waals surface area contributed by atoms with Gasteiger partial charge in [-0.25, -0.2) is 9.37 Å². The van der Waals surface area contributed by atoms with Gasteiger partial charge in [-0.15, -0.1) is 0 Å². The molecule has 0 saturated heterocycles. The van der Waals surface area contributed by atoms with Crippen LogP contribution in [0.5, 0.6) is 0 Å². The van der Waals surface area contributed by atoms with Crippen LogP contribution in [0.4, 0.5) is 10.1 Å². The number of halogens is 1. The summed E-state index contributed by atoms with van der Waals surface area (Å²) in [4.78, 5) is 7.62. The second-order valence-electron chi connectivity index (χ2n) is 5.43. The number of nitrogens with zero attached hydrogens (tertiary/aromatic N) is 3. The Morgan fingerprint density at radius 3 is 2.59 bits per heavy atom. The number of thiazole rings is 1. The van der Waals surface area contributed by atoms with Crippen molar-refractivity contribution in [2.24, 2.45) is 0 Å². The molecule has 0 amide bonds. The maximum Gasteiger partial charge on any atom is 0.195 e. The van der Waals surface area contributed by atoms with Crippen LogP contribution in [0.25, 0.3) is 26.4 Å². The van der Waals surface area contributed by atoms with E-state index in [2.05, 4.69) is 34.1 Å². The van der Waals surface area contributed by atoms with Gasteiger partial charge >= 0.3 is 0 Å². The number of hydrogen-bond acceptors (Lipinski definition) is 3. The molecule has 0 aliphatic carbocycles. The largest absolute Gasteiger partial charge is 0.378 e. The Labute approximate surface area is 131 Å². The zero-order valence-corrected chi connectivity index (χ0v) is 13.1. The predicted molar refractivity (Wildman–Crippen MR) is 90.3 cm³/mol. The monoisotopic (exact) mass is 310 g/mol. The fourth-order valence-corrected chi connectivity index (χ4v) is 3.58. The van der Waals surface area contributed by atoms with E-state index in [1.807, 2.05) is 24.7 Å². The molecule has 0 atom stereocenters. The van der Waals surface area contributed by atoms with Crippen molar-refractivity contribution >= 4 is 32.2 Å². The lowest BCUT2D eigenvalue weighted by Crippen LogP contribution is -2.07. The topological polar surface area (TPSA) is 20.5 Å². The molecule has 110 valence electrons. The summed E-state index contributed by atoms with van der Waals surface area (Å²) >= 11 is 1.50. The highest BCUT2D eigenvalue weighted by Gasteiger charge is 2.10. The van der Waals surface area contributed by atoms with Crippen molar-refractivity contribution in [3.05, 3.63) is 54.5 Å². The normalized spacial score (nSPS) is 11.4. The van der Waals surface area contributed by atoms with Gasteiger partial charge in [0, 0.05) is 31.5 Å². The van der Waals surface area contributed by atoms with Gasteiger partial charge in [0.15, 0.2) is 4.96 Å². The summed E-state index contributed by atoms with van der Waals surface area (Å²) in [6, 6.07) is 13.1. The number of fused-ring (bicyclic) bond motifs is 3. The van der Waals surface area contributed by atoms with Crippen molar-refractivity contribution < 1.29 is 4.39 Å². The molecule has 2 aromatic heterocycles. The van der Waals surface area contributed by atoms with Gasteiger partial charge in [0.2, 0.25) is 0 Å². The Morgan fingerprint density at radius 2 is 1.86 bits per heavy atom. The fourth-order valence-electron chi connectivity index (χ4n) is 2.54. The van der Waals surface area contributed by atoms with Crippen LogP contribution in [-0.4, -0.2) is 23.5 Å². The lowest BCUT2D eigenvalue weighted by atomic mass is 10.1. The van der Waals surface area contributed by atoms with Gasteiger partial charge in [0.1, 0.15) is 5.82 Å². The van der Waals surface area contributed by atoms with Crippen LogP contribution in [0.15, 0.2) is 48.7 Å². The first-order valence-electron chi connectivity index (χ1n) is 6.97. The number of imidazole rings is 1. The Hall–Kier alpha value is -2.40. The highest BCUT2D eigenvalue weighted by Crippen LogP contribution is 2.30. The van der Waals surface area contributed by atoms with Crippen LogP contribution in [0.1, 0.15) is 0 Å². The van der Waals surface area contributed by atoms with Crippen molar-refractivity contribution in [1.82, 2.24) is 9.38 Å². The van der Waals surface area contributed by atoms with Gasteiger partial charge in [-0.05, 0) is 30.3 Å². The lowest BCUT2D eigenvalue weighted by Gasteiger charge is -2.12. The van der Waals surface area contributed by atoms with Gasteiger partial charge in [-0.1, -0.05) is 23.5 Å². The SMILES string of the molecule is CN(C)c1ccc(-c2cn3c(n2)sc2cc([18F])ccc23)cc1. The minimum absolute atomic E-state index is 0.212. The highest BCUT2D eigenvalue weighted by molar-refractivity contribution is 7.23. The first kappa shape index (κ1) is 13.3. The van der Waals surface area contributed by atoms with Crippen molar-refractivity contribution in [3.8, 4) is 11.3 Å². The first-order valence-corrected chi connectivity index (χ1v) is 7.78. The molecule has 0 unspecified atom stereocenters. The smallest absolute Gasteiger partial charge is 0.195 e. The van der Waals surface area contributed by atoms with Gasteiger partial charge < -0.3 is 4.90 Å². The third-order valence-corrected chi connectivity index (χ3v) is 4.75. The van der Waals surface area contributed by atoms with Crippen LogP contribution in [0.2, 0.25) is 0 Å². The predicted octanol–water partition coefficient (Wildman–Crippen LogP) is 4.42. The van der Waals surface area contributed by atoms with E-state index in [0.29, 0.717) is 0 Å². The van der Waals surface area contributed by atoms with Gasteiger partial charge in [-0.3, -0.25) is 4.40 Å². The number of anilines is 1. The highest BCUT2D eigenvalue weighted by atomic mass is 32.1. The molecule has 4 rings (SSSR count). The van der Waals surface area contributed by atoms with Crippen molar-refractivity contribution in [2.75, 3.05) is 19.0 Å². The summed E-state index contributed by atoms with van der Waals surface area (Å²) in [5.41, 5.74) is 4.16. The maximum absolute atomic E-state index is 13.3. The second kappa shape index (κ2) is 4.81. The molecule has 5 heteroatoms. The standard InChI is InChI=1S/C17H14FN3S/c1-20(2)13-6-3-11(4-7-13)14-10-21-15-8-5-12(18)9-16(15)22-17(21)19-14/h3-10H,1-2H3/i18-1. The molecule has 0 spiro atoms. The molecule has 22 heavy (non-hydrogen) atoms. The second-order valence-corrected chi connectivity index (χ2v) is 6.44. The Balaban J connectivity index is 1.82. The van der Waals surface area contributed by atoms with E-state index < -0.39 is 0 Å². The van der Waals surface area contributed by atoms with Crippen LogP contribution in [0, 0.1) is 5.82 Å². The summed E-state index contributed by atoms with van der Waals surface area (Å²) < 4.78 is 16.2. The molecule has 0 aliphatic heterocycles. The molecule has 2 heterocycles. The molecular weight excluding hydrogens is 296 g/mol. The molecule has 4 aromatic rings. The van der Waals surface area contributed by atoms with E-state index >= 15 is 0 Å². The fraction of sp³-hybridized carbons (Fsp3) is 0.118. The molecule has 3 nitrogen and oxygen atoms in total. The number of aromatic nitrogens is 2. The zero-order valence-electron chi connectivity index (χ0n) is 12.2. The Morgan fingerprint density at radius 1 is 1.09 bits per heavy atom. The van der Waals surface area contributed by atoms with Gasteiger partial charge in [-0.2, -0.15) is 0 Å². The summed E-state index contributed by atoms with van der Waals surface area (Å²) in [7, 11) is 4.04. The van der Waals surface area contributed by atoms with E-state index in [1.54, 1.807) is 12.1 Å². The minimum atomic E-state index is -0.212. The third-order valence-electron chi connectivity index (χ3n) is 3.74. The Kier molecular flexibility index (Phi) is 2.90. The molecule has 0 N–H and O–H groups in total. The van der Waals surface area contributed by atoms with Crippen LogP contribution in [-0.2, 0) is 0 Å². The maximum atomic E-state index is 13.3. The lowest BCUT2D eigenvalue weighted by molar-refractivity contribution is 0.630. The average Bonchev–Trinajstić information content (AvgIpc) is 3.04. The molecule has 0 bridgehead atoms. The molecule has 0 fully saturated rings. The van der Waals surface area contributed by atoms with Crippen molar-refractivity contribution in [3.63, 3.8) is 0 Å². The van der Waals surface area contributed by atoms with Crippen LogP contribution < -0.4 is 4.90 Å². The van der Waals surface area contributed by atoms with Crippen LogP contribution >= 0.6 is 11.3 Å². The molecular formula is C17H14FN3S. The number of rotatable bonds is 2. The number of hydrogen-bond donors (Lipinski definition) is 0. The first-order chi connectivity index (χ1) is 10.6. The molecule has 2 aromatic carbocycles. The van der Waals surface area contributed by atoms with Gasteiger partial charge in [0.05, 0.1) is 15.9 Å². The zero-order chi connectivity index (χ0) is 15.3. The van der Waals surface area contributed by atoms with Crippen molar-refractivity contribution in [2.45, 2.75) is 0 Å². The van der Waals surface area contributed by atoms with E-state index in [1.165, 1.54) is 17.4 Å². The molecule has 0 saturated carbocycles. The summed E-state index contributed by atoms with van der Waals surface area (Å²) in [6.45, 7) is 0. The van der Waals surface area contributed by atoms with E-state index in [9.17, 15) is 4.39 Å². The summed E-state index contributed by atoms with van der Waals surface area (Å²) in [5.74, 6) is -0.212. The van der Waals surface area contributed by atoms with Gasteiger partial charge in [0.25, 0.3) is 0 Å². The minimum Gasteiger partial charge on any atom is -0.378 e. The quantitative estimate of drug-likeness (QED) is 0.546. The van der Waals surface area contributed by atoms with E-state index in [4.69, 9.17) is 0 Å². The van der Waals surface area contributed by atoms with E-state index in [0.717, 1.165) is 32.1 Å². The van der Waals surface area contributed by atoms with E-state index in [-0.39, 0.29) is 5.82 Å². The third kappa shape index (κ3) is 2.05. The molecule has 0 radical (unpaired) electrons. The Bertz CT molecular complexity index is 967. The van der Waals surface area contributed by atoms with Crippen molar-refractivity contribution in [1.29, 1.82) is 0 Å². The molecule has 0 aliphatic rings. The average molecular weight is 310 g/mol. The van der Waals surface area contributed by atoms with Crippen LogP contribution in [0.3, 0.4) is 0 Å². The summed E-state index contributed by atoms with van der Waals surface area (Å²) in [6.07, 6.45) is 2.01. The summed E-state index contributed by atoms with van der Waals surface area (Å²) in [5, 5.41) is 0.